The van der Waals surface area contributed by atoms with E-state index in [9.17, 15) is 9.65 Å². The molecule has 2 N–H and O–H groups in total. The number of halogens is 1. The summed E-state index contributed by atoms with van der Waals surface area (Å²) in [5.41, 5.74) is 9.51. The van der Waals surface area contributed by atoms with Crippen LogP contribution in [0, 0.1) is 17.1 Å². The molecule has 0 spiro atoms. The fourth-order valence-corrected chi connectivity index (χ4v) is 5.37. The number of aromatic nitrogens is 4. The first-order valence-electron chi connectivity index (χ1n) is 12.0. The van der Waals surface area contributed by atoms with Crippen LogP contribution in [-0.2, 0) is 6.54 Å². The first-order valence-corrected chi connectivity index (χ1v) is 12.0. The van der Waals surface area contributed by atoms with Crippen LogP contribution in [0.25, 0.3) is 16.6 Å². The van der Waals surface area contributed by atoms with Crippen molar-refractivity contribution in [3.63, 3.8) is 0 Å². The number of nitrogens with two attached hydrogens (primary N) is 1. The Morgan fingerprint density at radius 2 is 2.03 bits per heavy atom. The number of rotatable bonds is 6. The van der Waals surface area contributed by atoms with Gasteiger partial charge in [0.1, 0.15) is 29.0 Å². The zero-order chi connectivity index (χ0) is 24.8. The van der Waals surface area contributed by atoms with Gasteiger partial charge < -0.3 is 15.4 Å². The van der Waals surface area contributed by atoms with Crippen LogP contribution in [0.5, 0.6) is 5.75 Å². The second-order valence-electron chi connectivity index (χ2n) is 9.22. The van der Waals surface area contributed by atoms with Crippen molar-refractivity contribution in [2.24, 2.45) is 0 Å². The Kier molecular flexibility index (Phi) is 5.42. The summed E-state index contributed by atoms with van der Waals surface area (Å²) in [6.45, 7) is 4.87. The van der Waals surface area contributed by atoms with Crippen molar-refractivity contribution in [1.29, 1.82) is 5.26 Å². The highest BCUT2D eigenvalue weighted by molar-refractivity contribution is 5.88. The summed E-state index contributed by atoms with van der Waals surface area (Å²) in [4.78, 5) is 13.5. The van der Waals surface area contributed by atoms with Crippen molar-refractivity contribution < 1.29 is 9.13 Å². The summed E-state index contributed by atoms with van der Waals surface area (Å²) < 4.78 is 20.8. The van der Waals surface area contributed by atoms with E-state index in [1.165, 1.54) is 6.20 Å². The van der Waals surface area contributed by atoms with Gasteiger partial charge in [-0.05, 0) is 43.2 Å². The minimum Gasteiger partial charge on any atom is -0.492 e. The molecule has 0 radical (unpaired) electrons. The molecule has 2 unspecified atom stereocenters. The molecule has 4 aromatic heterocycles. The summed E-state index contributed by atoms with van der Waals surface area (Å²) in [7, 11) is 0. The van der Waals surface area contributed by atoms with Gasteiger partial charge in [-0.3, -0.25) is 9.88 Å². The van der Waals surface area contributed by atoms with Crippen LogP contribution in [0.2, 0.25) is 0 Å². The minimum absolute atomic E-state index is 0.183. The molecule has 0 aliphatic carbocycles. The highest BCUT2D eigenvalue weighted by atomic mass is 19.1. The topological polar surface area (TPSA) is 109 Å². The Morgan fingerprint density at radius 1 is 1.19 bits per heavy atom. The second kappa shape index (κ2) is 8.77. The molecule has 10 heteroatoms. The van der Waals surface area contributed by atoms with E-state index in [1.54, 1.807) is 23.0 Å². The van der Waals surface area contributed by atoms with Crippen LogP contribution in [0.15, 0.2) is 49.1 Å². The SMILES string of the molecule is CCOc1cc(-c2ccc(N3CC4CC(C3)N4Cc3cncc(F)c3)nc2)c2c(C#N)c(N)nn2c1. The third-order valence-corrected chi connectivity index (χ3v) is 7.01. The maximum atomic E-state index is 13.5. The summed E-state index contributed by atoms with van der Waals surface area (Å²) in [6, 6.07) is 10.5. The van der Waals surface area contributed by atoms with E-state index in [0.29, 0.717) is 42.1 Å². The van der Waals surface area contributed by atoms with E-state index in [0.717, 1.165) is 42.0 Å². The fraction of sp³-hybridized carbons (Fsp3) is 0.308. The van der Waals surface area contributed by atoms with Crippen LogP contribution in [0.4, 0.5) is 16.0 Å². The number of piperidine rings is 1. The molecule has 0 saturated carbocycles. The lowest BCUT2D eigenvalue weighted by atomic mass is 9.87. The van der Waals surface area contributed by atoms with E-state index in [4.69, 9.17) is 15.5 Å². The van der Waals surface area contributed by atoms with Gasteiger partial charge in [0.25, 0.3) is 0 Å². The molecule has 7 heterocycles. The highest BCUT2D eigenvalue weighted by Gasteiger charge is 2.44. The number of nitriles is 1. The number of piperazine rings is 1. The van der Waals surface area contributed by atoms with Gasteiger partial charge in [0, 0.05) is 55.2 Å². The summed E-state index contributed by atoms with van der Waals surface area (Å²) in [5, 5.41) is 14.0. The summed E-state index contributed by atoms with van der Waals surface area (Å²) in [5.74, 6) is 1.43. The first-order chi connectivity index (χ1) is 17.5. The third kappa shape index (κ3) is 3.78. The zero-order valence-electron chi connectivity index (χ0n) is 19.8. The van der Waals surface area contributed by atoms with Crippen molar-refractivity contribution in [1.82, 2.24) is 24.5 Å². The molecule has 7 rings (SSSR count). The fourth-order valence-electron chi connectivity index (χ4n) is 5.37. The Morgan fingerprint density at radius 3 is 2.72 bits per heavy atom. The number of hydrogen-bond donors (Lipinski definition) is 1. The smallest absolute Gasteiger partial charge is 0.164 e. The van der Waals surface area contributed by atoms with E-state index in [-0.39, 0.29) is 11.6 Å². The molecule has 9 nitrogen and oxygen atoms in total. The number of anilines is 2. The Balaban J connectivity index is 1.23. The molecule has 3 aliphatic heterocycles. The number of hydrogen-bond acceptors (Lipinski definition) is 8. The average molecular weight is 485 g/mol. The minimum atomic E-state index is -0.298. The highest BCUT2D eigenvalue weighted by Crippen LogP contribution is 2.37. The lowest BCUT2D eigenvalue weighted by molar-refractivity contribution is -0.00882. The van der Waals surface area contributed by atoms with E-state index in [2.05, 4.69) is 26.0 Å². The first kappa shape index (κ1) is 22.2. The Hall–Kier alpha value is -4.23. The lowest BCUT2D eigenvalue weighted by Gasteiger charge is -2.56. The van der Waals surface area contributed by atoms with Gasteiger partial charge >= 0.3 is 0 Å². The predicted octanol–water partition coefficient (Wildman–Crippen LogP) is 3.25. The van der Waals surface area contributed by atoms with Crippen molar-refractivity contribution in [3.8, 4) is 22.9 Å². The largest absolute Gasteiger partial charge is 0.492 e. The molecule has 36 heavy (non-hydrogen) atoms. The van der Waals surface area contributed by atoms with E-state index >= 15 is 0 Å². The monoisotopic (exact) mass is 484 g/mol. The Labute approximate surface area is 207 Å². The van der Waals surface area contributed by atoms with Crippen LogP contribution in [0.1, 0.15) is 24.5 Å². The maximum absolute atomic E-state index is 13.5. The van der Waals surface area contributed by atoms with Gasteiger partial charge in [0.2, 0.25) is 0 Å². The van der Waals surface area contributed by atoms with Gasteiger partial charge in [0.05, 0.1) is 24.5 Å². The molecule has 0 aromatic carbocycles. The standard InChI is InChI=1S/C26H25FN8O/c1-2-36-21-7-22(25-23(8-28)26(29)32-35(25)15-21)17-3-4-24(31-10-17)33-13-19-6-20(14-33)34(19)12-16-5-18(27)11-30-9-16/h3-5,7,9-11,15,19-20H,2,6,12-14H2,1H3,(H2,29,32). The molecule has 2 atom stereocenters. The predicted molar refractivity (Wildman–Crippen MR) is 133 cm³/mol. The number of ether oxygens (including phenoxy) is 1. The van der Waals surface area contributed by atoms with Gasteiger partial charge in [-0.15, -0.1) is 5.10 Å². The van der Waals surface area contributed by atoms with Gasteiger partial charge in [0.15, 0.2) is 5.82 Å². The second-order valence-corrected chi connectivity index (χ2v) is 9.22. The molecular weight excluding hydrogens is 459 g/mol. The quantitative estimate of drug-likeness (QED) is 0.444. The molecule has 3 aliphatic rings. The van der Waals surface area contributed by atoms with E-state index in [1.807, 2.05) is 31.3 Å². The van der Waals surface area contributed by atoms with Crippen molar-refractivity contribution in [2.45, 2.75) is 32.0 Å². The summed E-state index contributed by atoms with van der Waals surface area (Å²) in [6.07, 6.45) is 7.66. The van der Waals surface area contributed by atoms with Crippen LogP contribution in [0.3, 0.4) is 0 Å². The average Bonchev–Trinajstić information content (AvgIpc) is 3.22. The number of pyridine rings is 3. The van der Waals surface area contributed by atoms with Gasteiger partial charge in [-0.2, -0.15) is 5.26 Å². The van der Waals surface area contributed by atoms with Crippen molar-refractivity contribution in [3.05, 3.63) is 66.0 Å². The molecule has 2 bridgehead atoms. The molecule has 4 aromatic rings. The van der Waals surface area contributed by atoms with Gasteiger partial charge in [-0.25, -0.2) is 13.9 Å². The maximum Gasteiger partial charge on any atom is 0.164 e. The molecule has 182 valence electrons. The number of fused-ring (bicyclic) bond motifs is 3. The zero-order valence-corrected chi connectivity index (χ0v) is 19.8. The number of nitrogen functional groups attached to an aromatic ring is 1. The normalized spacial score (nSPS) is 19.2. The van der Waals surface area contributed by atoms with Crippen LogP contribution < -0.4 is 15.4 Å². The van der Waals surface area contributed by atoms with E-state index < -0.39 is 0 Å². The van der Waals surface area contributed by atoms with Crippen molar-refractivity contribution >= 4 is 17.2 Å². The summed E-state index contributed by atoms with van der Waals surface area (Å²) >= 11 is 0. The lowest BCUT2D eigenvalue weighted by Crippen LogP contribution is -2.68. The third-order valence-electron chi connectivity index (χ3n) is 7.01. The van der Waals surface area contributed by atoms with Gasteiger partial charge in [-0.1, -0.05) is 0 Å². The molecule has 3 saturated heterocycles. The van der Waals surface area contributed by atoms with Crippen LogP contribution >= 0.6 is 0 Å². The Bertz CT molecular complexity index is 1470. The van der Waals surface area contributed by atoms with Crippen LogP contribution in [-0.4, -0.2) is 56.3 Å². The number of nitrogens with zero attached hydrogens (tertiary/aromatic N) is 7. The molecular formula is C26H25FN8O. The molecule has 0 amide bonds. The molecule has 3 fully saturated rings. The van der Waals surface area contributed by atoms with Crippen molar-refractivity contribution in [2.75, 3.05) is 30.3 Å².